The summed E-state index contributed by atoms with van der Waals surface area (Å²) in [5.41, 5.74) is 0. The van der Waals surface area contributed by atoms with Crippen molar-refractivity contribution in [1.82, 2.24) is 0 Å². The number of nitrogens with zero attached hydrogens (tertiary/aromatic N) is 1. The van der Waals surface area contributed by atoms with Crippen LogP contribution in [0.4, 0.5) is 0 Å². The van der Waals surface area contributed by atoms with Crippen LogP contribution in [0, 0.1) is 11.8 Å². The Balaban J connectivity index is 2.10. The lowest BCUT2D eigenvalue weighted by atomic mass is 9.99. The van der Waals surface area contributed by atoms with Gasteiger partial charge in [-0.25, -0.2) is 0 Å². The first kappa shape index (κ1) is 6.20. The predicted molar refractivity (Wildman–Crippen MR) is 40.1 cm³/mol. The predicted octanol–water partition coefficient (Wildman–Crippen LogP) is 1.46. The van der Waals surface area contributed by atoms with Gasteiger partial charge in [0.2, 0.25) is 0 Å². The Morgan fingerprint density at radius 2 is 2.40 bits per heavy atom. The lowest BCUT2D eigenvalue weighted by Crippen LogP contribution is -2.13. The molecule has 56 valence electrons. The molecule has 10 heavy (non-hydrogen) atoms. The first-order valence-electron chi connectivity index (χ1n) is 4.00. The highest BCUT2D eigenvalue weighted by Gasteiger charge is 2.35. The fraction of sp³-hybridized carbons (Fsp3) is 0.875. The summed E-state index contributed by atoms with van der Waals surface area (Å²) in [4.78, 5) is 4.33. The van der Waals surface area contributed by atoms with Gasteiger partial charge in [0.1, 0.15) is 0 Å². The number of hydrogen-bond acceptors (Lipinski definition) is 2. The van der Waals surface area contributed by atoms with Crippen molar-refractivity contribution in [2.24, 2.45) is 16.8 Å². The van der Waals surface area contributed by atoms with E-state index in [9.17, 15) is 0 Å². The van der Waals surface area contributed by atoms with Crippen molar-refractivity contribution in [2.45, 2.75) is 19.3 Å². The molecule has 0 spiro atoms. The highest BCUT2D eigenvalue weighted by Crippen LogP contribution is 2.36. The molecule has 1 aliphatic carbocycles. The molecule has 0 N–H and O–H groups in total. The SMILES string of the molecule is COC1=NCC2CCCC12. The van der Waals surface area contributed by atoms with E-state index in [4.69, 9.17) is 4.74 Å². The molecule has 1 aliphatic heterocycles. The first-order chi connectivity index (χ1) is 4.92. The van der Waals surface area contributed by atoms with Crippen LogP contribution in [0.15, 0.2) is 4.99 Å². The molecule has 2 rings (SSSR count). The van der Waals surface area contributed by atoms with Gasteiger partial charge < -0.3 is 4.74 Å². The van der Waals surface area contributed by atoms with Crippen LogP contribution in [-0.2, 0) is 4.74 Å². The van der Waals surface area contributed by atoms with Crippen LogP contribution < -0.4 is 0 Å². The van der Waals surface area contributed by atoms with Gasteiger partial charge in [-0.05, 0) is 18.8 Å². The second-order valence-corrected chi connectivity index (χ2v) is 3.18. The summed E-state index contributed by atoms with van der Waals surface area (Å²) in [6.45, 7) is 1.02. The summed E-state index contributed by atoms with van der Waals surface area (Å²) in [5.74, 6) is 2.53. The zero-order valence-corrected chi connectivity index (χ0v) is 6.34. The van der Waals surface area contributed by atoms with Crippen LogP contribution in [0.25, 0.3) is 0 Å². The third kappa shape index (κ3) is 0.746. The van der Waals surface area contributed by atoms with Crippen LogP contribution in [0.5, 0.6) is 0 Å². The minimum atomic E-state index is 0.685. The molecular formula is C8H13NO. The quantitative estimate of drug-likeness (QED) is 0.498. The molecule has 0 aromatic heterocycles. The molecule has 0 amide bonds. The molecule has 0 aromatic carbocycles. The zero-order valence-electron chi connectivity index (χ0n) is 6.34. The maximum Gasteiger partial charge on any atom is 0.186 e. The van der Waals surface area contributed by atoms with Gasteiger partial charge in [0.05, 0.1) is 7.11 Å². The van der Waals surface area contributed by atoms with Crippen molar-refractivity contribution in [1.29, 1.82) is 0 Å². The largest absolute Gasteiger partial charge is 0.484 e. The Labute approximate surface area is 61.3 Å². The molecule has 1 heterocycles. The average Bonchev–Trinajstić information content (AvgIpc) is 2.44. The molecular weight excluding hydrogens is 126 g/mol. The van der Waals surface area contributed by atoms with Crippen molar-refractivity contribution < 1.29 is 4.74 Å². The Hall–Kier alpha value is -0.530. The van der Waals surface area contributed by atoms with Crippen molar-refractivity contribution in [3.8, 4) is 0 Å². The lowest BCUT2D eigenvalue weighted by molar-refractivity contribution is 0.362. The molecule has 1 fully saturated rings. The Morgan fingerprint density at radius 3 is 3.20 bits per heavy atom. The number of hydrogen-bond donors (Lipinski definition) is 0. The summed E-state index contributed by atoms with van der Waals surface area (Å²) >= 11 is 0. The maximum atomic E-state index is 5.18. The Kier molecular flexibility index (Phi) is 1.40. The summed E-state index contributed by atoms with van der Waals surface area (Å²) in [7, 11) is 1.74. The van der Waals surface area contributed by atoms with Gasteiger partial charge in [0.25, 0.3) is 0 Å². The topological polar surface area (TPSA) is 21.6 Å². The molecule has 0 aromatic rings. The average molecular weight is 139 g/mol. The summed E-state index contributed by atoms with van der Waals surface area (Å²) in [6.07, 6.45) is 4.04. The molecule has 2 nitrogen and oxygen atoms in total. The minimum absolute atomic E-state index is 0.685. The molecule has 0 bridgehead atoms. The van der Waals surface area contributed by atoms with E-state index in [1.54, 1.807) is 7.11 Å². The van der Waals surface area contributed by atoms with Crippen molar-refractivity contribution >= 4 is 5.90 Å². The third-order valence-electron chi connectivity index (χ3n) is 2.67. The molecule has 2 aliphatic rings. The Bertz CT molecular complexity index is 165. The lowest BCUT2D eigenvalue weighted by Gasteiger charge is -2.08. The second kappa shape index (κ2) is 2.26. The van der Waals surface area contributed by atoms with Crippen LogP contribution in [0.3, 0.4) is 0 Å². The summed E-state index contributed by atoms with van der Waals surface area (Å²) < 4.78 is 5.18. The Morgan fingerprint density at radius 1 is 1.50 bits per heavy atom. The number of aliphatic imine (C=N–C) groups is 1. The molecule has 1 saturated carbocycles. The second-order valence-electron chi connectivity index (χ2n) is 3.18. The summed E-state index contributed by atoms with van der Waals surface area (Å²) in [6, 6.07) is 0. The van der Waals surface area contributed by atoms with E-state index in [0.717, 1.165) is 18.4 Å². The van der Waals surface area contributed by atoms with E-state index in [0.29, 0.717) is 5.92 Å². The number of methoxy groups -OCH3 is 1. The van der Waals surface area contributed by atoms with Gasteiger partial charge in [-0.15, -0.1) is 0 Å². The van der Waals surface area contributed by atoms with Crippen LogP contribution in [0.2, 0.25) is 0 Å². The van der Waals surface area contributed by atoms with Crippen molar-refractivity contribution in [3.63, 3.8) is 0 Å². The fourth-order valence-electron chi connectivity index (χ4n) is 2.12. The number of fused-ring (bicyclic) bond motifs is 1. The molecule has 2 unspecified atom stereocenters. The molecule has 0 radical (unpaired) electrons. The van der Waals surface area contributed by atoms with Gasteiger partial charge in [-0.2, -0.15) is 0 Å². The standard InChI is InChI=1S/C8H13NO/c1-10-8-7-4-2-3-6(7)5-9-8/h6-7H,2-5H2,1H3. The van der Waals surface area contributed by atoms with Gasteiger partial charge in [-0.1, -0.05) is 6.42 Å². The van der Waals surface area contributed by atoms with Gasteiger partial charge in [0.15, 0.2) is 5.90 Å². The van der Waals surface area contributed by atoms with Gasteiger partial charge in [-0.3, -0.25) is 4.99 Å². The van der Waals surface area contributed by atoms with Crippen LogP contribution in [-0.4, -0.2) is 19.6 Å². The first-order valence-corrected chi connectivity index (χ1v) is 4.00. The number of ether oxygens (including phenoxy) is 1. The maximum absolute atomic E-state index is 5.18. The highest BCUT2D eigenvalue weighted by molar-refractivity contribution is 5.81. The van der Waals surface area contributed by atoms with Crippen molar-refractivity contribution in [3.05, 3.63) is 0 Å². The van der Waals surface area contributed by atoms with Crippen molar-refractivity contribution in [2.75, 3.05) is 13.7 Å². The molecule has 2 heteroatoms. The third-order valence-corrected chi connectivity index (χ3v) is 2.67. The molecule has 2 atom stereocenters. The zero-order chi connectivity index (χ0) is 6.97. The fourth-order valence-corrected chi connectivity index (χ4v) is 2.12. The smallest absolute Gasteiger partial charge is 0.186 e. The highest BCUT2D eigenvalue weighted by atomic mass is 16.5. The van der Waals surface area contributed by atoms with E-state index in [2.05, 4.69) is 4.99 Å². The van der Waals surface area contributed by atoms with E-state index in [1.165, 1.54) is 19.3 Å². The van der Waals surface area contributed by atoms with E-state index in [1.807, 2.05) is 0 Å². The monoisotopic (exact) mass is 139 g/mol. The minimum Gasteiger partial charge on any atom is -0.484 e. The van der Waals surface area contributed by atoms with Crippen LogP contribution >= 0.6 is 0 Å². The number of rotatable bonds is 0. The van der Waals surface area contributed by atoms with E-state index in [-0.39, 0.29) is 0 Å². The molecule has 0 saturated heterocycles. The van der Waals surface area contributed by atoms with E-state index >= 15 is 0 Å². The van der Waals surface area contributed by atoms with Crippen LogP contribution in [0.1, 0.15) is 19.3 Å². The van der Waals surface area contributed by atoms with Gasteiger partial charge in [0, 0.05) is 12.5 Å². The van der Waals surface area contributed by atoms with E-state index < -0.39 is 0 Å². The summed E-state index contributed by atoms with van der Waals surface area (Å²) in [5, 5.41) is 0. The normalized spacial score (nSPS) is 37.5. The van der Waals surface area contributed by atoms with Gasteiger partial charge >= 0.3 is 0 Å².